The molecule has 0 bridgehead atoms. The first-order valence-corrected chi connectivity index (χ1v) is 8.64. The molecular weight excluding hydrogens is 350 g/mol. The van der Waals surface area contributed by atoms with Crippen molar-refractivity contribution in [1.82, 2.24) is 0 Å². The van der Waals surface area contributed by atoms with E-state index in [1.807, 2.05) is 38.1 Å². The lowest BCUT2D eigenvalue weighted by Crippen LogP contribution is -2.28. The van der Waals surface area contributed by atoms with Crippen LogP contribution in [0.3, 0.4) is 0 Å². The molecule has 6 heteroatoms. The van der Waals surface area contributed by atoms with E-state index in [9.17, 15) is 9.59 Å². The molecule has 1 aliphatic rings. The third kappa shape index (κ3) is 3.71. The van der Waals surface area contributed by atoms with Gasteiger partial charge in [0.15, 0.2) is 0 Å². The topological polar surface area (TPSA) is 73.2 Å². The van der Waals surface area contributed by atoms with E-state index in [0.717, 1.165) is 16.8 Å². The van der Waals surface area contributed by atoms with Crippen LogP contribution >= 0.6 is 11.6 Å². The van der Waals surface area contributed by atoms with Crippen LogP contribution in [0.2, 0.25) is 5.02 Å². The molecule has 3 rings (SSSR count). The number of benzene rings is 2. The van der Waals surface area contributed by atoms with Gasteiger partial charge in [-0.2, -0.15) is 5.26 Å². The Labute approximate surface area is 157 Å². The van der Waals surface area contributed by atoms with E-state index in [-0.39, 0.29) is 23.3 Å². The van der Waals surface area contributed by atoms with Gasteiger partial charge in [-0.05, 0) is 55.3 Å². The van der Waals surface area contributed by atoms with Gasteiger partial charge in [0.2, 0.25) is 11.8 Å². The van der Waals surface area contributed by atoms with Gasteiger partial charge in [-0.3, -0.25) is 9.59 Å². The fourth-order valence-corrected chi connectivity index (χ4v) is 3.39. The second-order valence-electron chi connectivity index (χ2n) is 6.55. The van der Waals surface area contributed by atoms with E-state index in [4.69, 9.17) is 16.9 Å². The predicted molar refractivity (Wildman–Crippen MR) is 101 cm³/mol. The number of aryl methyl sites for hydroxylation is 2. The number of anilines is 2. The SMILES string of the molecule is Cc1cc(C)cc(N2CC(C(=O)Nc3ccc(C#N)c(Cl)c3)CC2=O)c1. The molecule has 0 radical (unpaired) electrons. The number of amides is 2. The minimum atomic E-state index is -0.433. The Morgan fingerprint density at radius 3 is 2.54 bits per heavy atom. The van der Waals surface area contributed by atoms with Crippen LogP contribution in [0.1, 0.15) is 23.1 Å². The van der Waals surface area contributed by atoms with Gasteiger partial charge in [-0.25, -0.2) is 0 Å². The third-order valence-corrected chi connectivity index (χ3v) is 4.68. The maximum atomic E-state index is 12.5. The summed E-state index contributed by atoms with van der Waals surface area (Å²) in [5, 5.41) is 12.0. The number of carbonyl (C=O) groups excluding carboxylic acids is 2. The third-order valence-electron chi connectivity index (χ3n) is 4.37. The lowest BCUT2D eigenvalue weighted by atomic mass is 10.1. The van der Waals surface area contributed by atoms with Crippen LogP contribution in [0, 0.1) is 31.1 Å². The fraction of sp³-hybridized carbons (Fsp3) is 0.250. The Hall–Kier alpha value is -2.84. The number of carbonyl (C=O) groups is 2. The molecule has 1 saturated heterocycles. The highest BCUT2D eigenvalue weighted by Crippen LogP contribution is 2.28. The molecule has 1 atom stereocenters. The first kappa shape index (κ1) is 18.0. The number of halogens is 1. The predicted octanol–water partition coefficient (Wildman–Crippen LogP) is 3.82. The molecule has 0 saturated carbocycles. The summed E-state index contributed by atoms with van der Waals surface area (Å²) in [6.45, 7) is 4.31. The van der Waals surface area contributed by atoms with Crippen LogP contribution in [-0.2, 0) is 9.59 Å². The largest absolute Gasteiger partial charge is 0.326 e. The van der Waals surface area contributed by atoms with Crippen LogP contribution in [0.25, 0.3) is 0 Å². The van der Waals surface area contributed by atoms with Gasteiger partial charge in [0.25, 0.3) is 0 Å². The maximum Gasteiger partial charge on any atom is 0.229 e. The highest BCUT2D eigenvalue weighted by molar-refractivity contribution is 6.32. The van der Waals surface area contributed by atoms with E-state index in [2.05, 4.69) is 5.32 Å². The van der Waals surface area contributed by atoms with Gasteiger partial charge < -0.3 is 10.2 Å². The molecule has 0 aliphatic carbocycles. The number of nitriles is 1. The van der Waals surface area contributed by atoms with Crippen molar-refractivity contribution in [3.05, 3.63) is 58.1 Å². The Kier molecular flexibility index (Phi) is 4.97. The van der Waals surface area contributed by atoms with E-state index >= 15 is 0 Å². The summed E-state index contributed by atoms with van der Waals surface area (Å²) >= 11 is 5.99. The minimum Gasteiger partial charge on any atom is -0.326 e. The smallest absolute Gasteiger partial charge is 0.229 e. The molecule has 2 aromatic carbocycles. The van der Waals surface area contributed by atoms with Gasteiger partial charge in [0, 0.05) is 24.3 Å². The van der Waals surface area contributed by atoms with Crippen molar-refractivity contribution >= 4 is 34.8 Å². The van der Waals surface area contributed by atoms with Crippen molar-refractivity contribution in [2.24, 2.45) is 5.92 Å². The summed E-state index contributed by atoms with van der Waals surface area (Å²) in [6.07, 6.45) is 0.169. The summed E-state index contributed by atoms with van der Waals surface area (Å²) < 4.78 is 0. The zero-order valence-electron chi connectivity index (χ0n) is 14.5. The molecule has 0 aromatic heterocycles. The van der Waals surface area contributed by atoms with Crippen LogP contribution in [0.5, 0.6) is 0 Å². The molecular formula is C20H18ClN3O2. The van der Waals surface area contributed by atoms with Gasteiger partial charge in [-0.15, -0.1) is 0 Å². The van der Waals surface area contributed by atoms with Crippen LogP contribution in [0.4, 0.5) is 11.4 Å². The molecule has 1 heterocycles. The number of hydrogen-bond donors (Lipinski definition) is 1. The van der Waals surface area contributed by atoms with E-state index in [1.54, 1.807) is 17.0 Å². The molecule has 1 fully saturated rings. The van der Waals surface area contributed by atoms with E-state index < -0.39 is 5.92 Å². The maximum absolute atomic E-state index is 12.5. The molecule has 1 unspecified atom stereocenters. The van der Waals surface area contributed by atoms with Crippen molar-refractivity contribution in [3.8, 4) is 6.07 Å². The quantitative estimate of drug-likeness (QED) is 0.896. The zero-order chi connectivity index (χ0) is 18.8. The van der Waals surface area contributed by atoms with E-state index in [0.29, 0.717) is 17.8 Å². The van der Waals surface area contributed by atoms with Crippen LogP contribution < -0.4 is 10.2 Å². The Balaban J connectivity index is 1.73. The van der Waals surface area contributed by atoms with Crippen LogP contribution in [0.15, 0.2) is 36.4 Å². The highest BCUT2D eigenvalue weighted by Gasteiger charge is 2.35. The first-order chi connectivity index (χ1) is 12.4. The molecule has 0 spiro atoms. The zero-order valence-corrected chi connectivity index (χ0v) is 15.3. The monoisotopic (exact) mass is 367 g/mol. The fourth-order valence-electron chi connectivity index (χ4n) is 3.17. The van der Waals surface area contributed by atoms with Crippen LogP contribution in [-0.4, -0.2) is 18.4 Å². The summed E-state index contributed by atoms with van der Waals surface area (Å²) in [7, 11) is 0. The Morgan fingerprint density at radius 2 is 1.92 bits per heavy atom. The Bertz CT molecular complexity index is 913. The standard InChI is InChI=1S/C20H18ClN3O2/c1-12-5-13(2)7-17(6-12)24-11-15(8-19(24)25)20(26)23-16-4-3-14(10-22)18(21)9-16/h3-7,9,15H,8,11H2,1-2H3,(H,23,26). The second-order valence-corrected chi connectivity index (χ2v) is 6.95. The van der Waals surface area contributed by atoms with Crippen molar-refractivity contribution < 1.29 is 9.59 Å². The lowest BCUT2D eigenvalue weighted by molar-refractivity contribution is -0.122. The van der Waals surface area contributed by atoms with Crippen molar-refractivity contribution in [3.63, 3.8) is 0 Å². The van der Waals surface area contributed by atoms with Gasteiger partial charge in [0.1, 0.15) is 6.07 Å². The normalized spacial score (nSPS) is 16.5. The number of hydrogen-bond acceptors (Lipinski definition) is 3. The van der Waals surface area contributed by atoms with Gasteiger partial charge in [0.05, 0.1) is 16.5 Å². The molecule has 26 heavy (non-hydrogen) atoms. The lowest BCUT2D eigenvalue weighted by Gasteiger charge is -2.18. The Morgan fingerprint density at radius 1 is 1.23 bits per heavy atom. The first-order valence-electron chi connectivity index (χ1n) is 8.26. The average molecular weight is 368 g/mol. The van der Waals surface area contributed by atoms with Crippen molar-refractivity contribution in [2.45, 2.75) is 20.3 Å². The summed E-state index contributed by atoms with van der Waals surface area (Å²) in [4.78, 5) is 26.6. The summed E-state index contributed by atoms with van der Waals surface area (Å²) in [5.41, 5.74) is 3.84. The number of nitrogens with one attached hydrogen (secondary N) is 1. The number of rotatable bonds is 3. The summed E-state index contributed by atoms with van der Waals surface area (Å²) in [6, 6.07) is 12.6. The molecule has 1 aliphatic heterocycles. The van der Waals surface area contributed by atoms with Crippen molar-refractivity contribution in [2.75, 3.05) is 16.8 Å². The molecule has 132 valence electrons. The molecule has 1 N–H and O–H groups in total. The van der Waals surface area contributed by atoms with Gasteiger partial charge >= 0.3 is 0 Å². The highest BCUT2D eigenvalue weighted by atomic mass is 35.5. The average Bonchev–Trinajstić information content (AvgIpc) is 2.96. The minimum absolute atomic E-state index is 0.0620. The molecule has 5 nitrogen and oxygen atoms in total. The van der Waals surface area contributed by atoms with Crippen molar-refractivity contribution in [1.29, 1.82) is 5.26 Å². The summed E-state index contributed by atoms with van der Waals surface area (Å²) in [5.74, 6) is -0.725. The van der Waals surface area contributed by atoms with E-state index in [1.165, 1.54) is 6.07 Å². The number of nitrogens with zero attached hydrogens (tertiary/aromatic N) is 2. The second kappa shape index (κ2) is 7.19. The molecule has 2 aromatic rings. The molecule has 2 amide bonds. The van der Waals surface area contributed by atoms with Gasteiger partial charge in [-0.1, -0.05) is 17.7 Å².